The number of carbonyl (C=O) groups excluding carboxylic acids is 1. The molecular weight excluding hydrogens is 441 g/mol. The van der Waals surface area contributed by atoms with Gasteiger partial charge in [0.15, 0.2) is 0 Å². The first-order chi connectivity index (χ1) is 13.7. The summed E-state index contributed by atoms with van der Waals surface area (Å²) in [5.41, 5.74) is 0.209. The van der Waals surface area contributed by atoms with Crippen molar-refractivity contribution >= 4 is 44.8 Å². The van der Waals surface area contributed by atoms with Crippen LogP contribution < -0.4 is 0 Å². The number of rotatable bonds is 5. The molecule has 2 aromatic rings. The number of amides is 1. The first kappa shape index (κ1) is 21.5. The van der Waals surface area contributed by atoms with Crippen molar-refractivity contribution < 1.29 is 18.1 Å². The van der Waals surface area contributed by atoms with E-state index in [0.29, 0.717) is 5.56 Å². The van der Waals surface area contributed by atoms with Crippen LogP contribution in [-0.2, 0) is 21.2 Å². The molecule has 3 rings (SSSR count). The van der Waals surface area contributed by atoms with Crippen molar-refractivity contribution in [3.63, 3.8) is 0 Å². The molecule has 0 N–H and O–H groups in total. The third-order valence-corrected chi connectivity index (χ3v) is 7.25. The Kier molecular flexibility index (Phi) is 6.42. The van der Waals surface area contributed by atoms with E-state index in [1.54, 1.807) is 6.07 Å². The van der Waals surface area contributed by atoms with E-state index in [9.17, 15) is 23.3 Å². The number of sulfonamides is 1. The van der Waals surface area contributed by atoms with Gasteiger partial charge in [-0.25, -0.2) is 8.42 Å². The molecule has 0 saturated carbocycles. The zero-order chi connectivity index (χ0) is 21.2. The highest BCUT2D eigenvalue weighted by Gasteiger charge is 2.32. The Hall–Kier alpha value is -2.20. The summed E-state index contributed by atoms with van der Waals surface area (Å²) in [7, 11) is -3.85. The fourth-order valence-corrected chi connectivity index (χ4v) is 5.26. The van der Waals surface area contributed by atoms with Crippen LogP contribution in [0.25, 0.3) is 0 Å². The maximum absolute atomic E-state index is 12.9. The first-order valence-electron chi connectivity index (χ1n) is 8.65. The Bertz CT molecular complexity index is 1050. The smallest absolute Gasteiger partial charge is 0.273 e. The van der Waals surface area contributed by atoms with Gasteiger partial charge in [-0.2, -0.15) is 4.31 Å². The second kappa shape index (κ2) is 8.66. The minimum Gasteiger partial charge on any atom is -0.340 e. The summed E-state index contributed by atoms with van der Waals surface area (Å²) < 4.78 is 27.0. The molecule has 1 fully saturated rings. The number of carbonyl (C=O) groups is 1. The summed E-state index contributed by atoms with van der Waals surface area (Å²) >= 11 is 11.9. The molecule has 0 unspecified atom stereocenters. The van der Waals surface area contributed by atoms with E-state index in [0.717, 1.165) is 0 Å². The van der Waals surface area contributed by atoms with Gasteiger partial charge in [-0.1, -0.05) is 41.4 Å². The highest BCUT2D eigenvalue weighted by Crippen LogP contribution is 2.28. The van der Waals surface area contributed by atoms with E-state index in [4.69, 9.17) is 23.2 Å². The monoisotopic (exact) mass is 457 g/mol. The second-order valence-electron chi connectivity index (χ2n) is 6.42. The summed E-state index contributed by atoms with van der Waals surface area (Å²) in [5, 5.41) is 11.4. The molecule has 0 bridgehead atoms. The Balaban J connectivity index is 1.68. The Morgan fingerprint density at radius 1 is 1.07 bits per heavy atom. The molecule has 1 saturated heterocycles. The molecule has 0 atom stereocenters. The molecule has 1 aliphatic rings. The lowest BCUT2D eigenvalue weighted by Crippen LogP contribution is -2.50. The molecule has 0 spiro atoms. The zero-order valence-corrected chi connectivity index (χ0v) is 17.5. The van der Waals surface area contributed by atoms with Gasteiger partial charge < -0.3 is 4.90 Å². The minimum absolute atomic E-state index is 0.0734. The third-order valence-electron chi connectivity index (χ3n) is 4.63. The predicted octanol–water partition coefficient (Wildman–Crippen LogP) is 2.98. The number of hydrogen-bond acceptors (Lipinski definition) is 5. The average Bonchev–Trinajstić information content (AvgIpc) is 2.70. The van der Waals surface area contributed by atoms with Crippen LogP contribution in [0.4, 0.5) is 5.69 Å². The molecule has 0 radical (unpaired) electrons. The third kappa shape index (κ3) is 4.69. The van der Waals surface area contributed by atoms with Crippen LogP contribution in [0, 0.1) is 10.1 Å². The number of nitro benzene ring substituents is 1. The molecule has 1 amide bonds. The van der Waals surface area contributed by atoms with Crippen molar-refractivity contribution in [1.82, 2.24) is 9.21 Å². The number of nitrogens with zero attached hydrogens (tertiary/aromatic N) is 3. The van der Waals surface area contributed by atoms with Crippen molar-refractivity contribution in [3.05, 3.63) is 68.2 Å². The van der Waals surface area contributed by atoms with Crippen molar-refractivity contribution in [2.24, 2.45) is 0 Å². The van der Waals surface area contributed by atoms with Crippen LogP contribution in [-0.4, -0.2) is 54.6 Å². The van der Waals surface area contributed by atoms with E-state index >= 15 is 0 Å². The van der Waals surface area contributed by atoms with Crippen LogP contribution in [0.2, 0.25) is 10.0 Å². The summed E-state index contributed by atoms with van der Waals surface area (Å²) in [4.78, 5) is 24.6. The summed E-state index contributed by atoms with van der Waals surface area (Å²) in [5.74, 6) is -0.294. The Morgan fingerprint density at radius 3 is 2.38 bits per heavy atom. The maximum atomic E-state index is 12.9. The van der Waals surface area contributed by atoms with Gasteiger partial charge in [0.1, 0.15) is 4.90 Å². The molecule has 29 heavy (non-hydrogen) atoms. The van der Waals surface area contributed by atoms with E-state index in [-0.39, 0.29) is 59.1 Å². The van der Waals surface area contributed by atoms with Crippen molar-refractivity contribution in [2.45, 2.75) is 11.3 Å². The number of halogens is 2. The fraction of sp³-hybridized carbons (Fsp3) is 0.278. The minimum atomic E-state index is -3.85. The molecule has 8 nitrogen and oxygen atoms in total. The second-order valence-corrected chi connectivity index (χ2v) is 9.17. The zero-order valence-electron chi connectivity index (χ0n) is 15.1. The summed E-state index contributed by atoms with van der Waals surface area (Å²) in [6, 6.07) is 10.3. The average molecular weight is 458 g/mol. The molecule has 1 heterocycles. The van der Waals surface area contributed by atoms with E-state index in [1.165, 1.54) is 45.6 Å². The Morgan fingerprint density at radius 2 is 1.72 bits per heavy atom. The van der Waals surface area contributed by atoms with E-state index in [2.05, 4.69) is 0 Å². The van der Waals surface area contributed by atoms with Gasteiger partial charge in [0.2, 0.25) is 15.9 Å². The fourth-order valence-electron chi connectivity index (χ4n) is 3.10. The van der Waals surface area contributed by atoms with Gasteiger partial charge in [-0.15, -0.1) is 0 Å². The van der Waals surface area contributed by atoms with Crippen molar-refractivity contribution in [3.8, 4) is 0 Å². The van der Waals surface area contributed by atoms with Crippen LogP contribution in [0.5, 0.6) is 0 Å². The van der Waals surface area contributed by atoms with E-state index < -0.39 is 14.9 Å². The number of hydrogen-bond donors (Lipinski definition) is 0. The molecule has 154 valence electrons. The van der Waals surface area contributed by atoms with Crippen molar-refractivity contribution in [2.75, 3.05) is 26.2 Å². The number of piperazine rings is 1. The van der Waals surface area contributed by atoms with Crippen LogP contribution >= 0.6 is 23.2 Å². The quantitative estimate of drug-likeness (QED) is 0.507. The predicted molar refractivity (Wildman–Crippen MR) is 109 cm³/mol. The normalized spacial score (nSPS) is 15.3. The van der Waals surface area contributed by atoms with Crippen molar-refractivity contribution in [1.29, 1.82) is 0 Å². The molecule has 11 heteroatoms. The standard InChI is InChI=1S/C18H17Cl2N3O5S/c19-14-5-6-15(20)17(12-14)29(27,28)22-9-7-21(8-10-22)18(24)11-13-3-1-2-4-16(13)23(25)26/h1-6,12H,7-11H2. The maximum Gasteiger partial charge on any atom is 0.273 e. The largest absolute Gasteiger partial charge is 0.340 e. The highest BCUT2D eigenvalue weighted by molar-refractivity contribution is 7.89. The van der Waals surface area contributed by atoms with Gasteiger partial charge in [0.05, 0.1) is 16.4 Å². The number of nitro groups is 1. The molecule has 1 aliphatic heterocycles. The van der Waals surface area contributed by atoms with Gasteiger partial charge in [0.25, 0.3) is 5.69 Å². The lowest BCUT2D eigenvalue weighted by Gasteiger charge is -2.34. The topological polar surface area (TPSA) is 101 Å². The van der Waals surface area contributed by atoms with Crippen LogP contribution in [0.1, 0.15) is 5.56 Å². The lowest BCUT2D eigenvalue weighted by atomic mass is 10.1. The SMILES string of the molecule is O=C(Cc1ccccc1[N+](=O)[O-])N1CCN(S(=O)(=O)c2cc(Cl)ccc2Cl)CC1. The first-order valence-corrected chi connectivity index (χ1v) is 10.8. The van der Waals surface area contributed by atoms with Gasteiger partial charge >= 0.3 is 0 Å². The lowest BCUT2D eigenvalue weighted by molar-refractivity contribution is -0.385. The van der Waals surface area contributed by atoms with Gasteiger partial charge in [-0.3, -0.25) is 14.9 Å². The molecule has 0 aliphatic carbocycles. The number of benzene rings is 2. The van der Waals surface area contributed by atoms with Gasteiger partial charge in [0, 0.05) is 42.8 Å². The number of para-hydroxylation sites is 1. The van der Waals surface area contributed by atoms with E-state index in [1.807, 2.05) is 0 Å². The summed E-state index contributed by atoms with van der Waals surface area (Å²) in [6.45, 7) is 0.537. The highest BCUT2D eigenvalue weighted by atomic mass is 35.5. The van der Waals surface area contributed by atoms with Crippen LogP contribution in [0.3, 0.4) is 0 Å². The van der Waals surface area contributed by atoms with Gasteiger partial charge in [-0.05, 0) is 18.2 Å². The summed E-state index contributed by atoms with van der Waals surface area (Å²) in [6.07, 6.45) is -0.121. The Labute approximate surface area is 177 Å². The molecular formula is C18H17Cl2N3O5S. The molecule has 2 aromatic carbocycles. The molecule has 0 aromatic heterocycles. The van der Waals surface area contributed by atoms with Crippen LogP contribution in [0.15, 0.2) is 47.4 Å².